The zero-order valence-corrected chi connectivity index (χ0v) is 46.9. The number of urea groups is 2. The van der Waals surface area contributed by atoms with Gasteiger partial charge in [0.15, 0.2) is 0 Å². The molecule has 0 fully saturated rings. The monoisotopic (exact) mass is 1110 g/mol. The van der Waals surface area contributed by atoms with Crippen molar-refractivity contribution in [3.05, 3.63) is 0 Å². The maximum atomic E-state index is 10.6. The van der Waals surface area contributed by atoms with Crippen LogP contribution in [-0.4, -0.2) is 246 Å². The summed E-state index contributed by atoms with van der Waals surface area (Å²) in [6.07, 6.45) is 1.84. The summed E-state index contributed by atoms with van der Waals surface area (Å²) in [7, 11) is 0. The van der Waals surface area contributed by atoms with E-state index in [1.807, 2.05) is 13.8 Å². The first-order chi connectivity index (χ1) is 36.2. The lowest BCUT2D eigenvalue weighted by molar-refractivity contribution is -0.121. The number of hydrogen-bond donors (Lipinski definition) is 18. The van der Waals surface area contributed by atoms with Crippen LogP contribution in [0.5, 0.6) is 0 Å². The molecule has 1 atom stereocenters. The fraction of sp³-hybridized carbons (Fsp3) is 0.826. The SMILES string of the molecule is CC(=O)NCCCCO.CC(=O)NCCOCCO.CCC(=O)NCCCO.CCC(=O)NCCOCCO.CCNC(=O)NCC(C)O.CCNC(=O)NCCO.CCNC(=O)OCCO.CCOC(=O)NCCO. The van der Waals surface area contributed by atoms with Crippen molar-refractivity contribution < 1.29 is 98.2 Å². The summed E-state index contributed by atoms with van der Waals surface area (Å²) in [5.41, 5.74) is 0. The Morgan fingerprint density at radius 2 is 0.803 bits per heavy atom. The normalized spacial score (nSPS) is 9.49. The summed E-state index contributed by atoms with van der Waals surface area (Å²) in [5.74, 6) is 0.00147. The van der Waals surface area contributed by atoms with Gasteiger partial charge in [-0.05, 0) is 53.9 Å². The fourth-order valence-corrected chi connectivity index (χ4v) is 3.48. The van der Waals surface area contributed by atoms with E-state index in [-0.39, 0.29) is 95.1 Å². The molecular weight excluding hydrogens is 1010 g/mol. The van der Waals surface area contributed by atoms with E-state index >= 15 is 0 Å². The number of unbranched alkanes of at least 4 members (excludes halogenated alkanes) is 1. The molecule has 0 aliphatic carbocycles. The highest BCUT2D eigenvalue weighted by Gasteiger charge is 2.00. The predicted octanol–water partition coefficient (Wildman–Crippen LogP) is -3.12. The molecule has 1 unspecified atom stereocenters. The molecule has 0 aliphatic rings. The molecule has 30 nitrogen and oxygen atoms in total. The van der Waals surface area contributed by atoms with Crippen molar-refractivity contribution in [1.82, 2.24) is 53.2 Å². The van der Waals surface area contributed by atoms with E-state index in [0.29, 0.717) is 111 Å². The largest absolute Gasteiger partial charge is 0.450 e. The number of alkyl carbamates (subject to hydrolysis) is 2. The Hall–Kier alpha value is -5.44. The van der Waals surface area contributed by atoms with Gasteiger partial charge in [0.05, 0.1) is 72.2 Å². The molecule has 0 saturated carbocycles. The summed E-state index contributed by atoms with van der Waals surface area (Å²) >= 11 is 0. The zero-order chi connectivity index (χ0) is 59.9. The zero-order valence-electron chi connectivity index (χ0n) is 46.9. The van der Waals surface area contributed by atoms with Gasteiger partial charge in [-0.1, -0.05) is 13.8 Å². The van der Waals surface area contributed by atoms with Gasteiger partial charge < -0.3 is 113 Å². The Kier molecular flexibility index (Phi) is 92.9. The van der Waals surface area contributed by atoms with Crippen LogP contribution in [0.2, 0.25) is 0 Å². The molecule has 30 heteroatoms. The van der Waals surface area contributed by atoms with Crippen LogP contribution in [-0.2, 0) is 38.1 Å². The van der Waals surface area contributed by atoms with Gasteiger partial charge in [0.2, 0.25) is 23.6 Å². The van der Waals surface area contributed by atoms with Crippen LogP contribution in [0, 0.1) is 0 Å². The number of rotatable bonds is 31. The van der Waals surface area contributed by atoms with Crippen LogP contribution in [0.25, 0.3) is 0 Å². The number of amides is 10. The molecule has 0 spiro atoms. The molecule has 18 N–H and O–H groups in total. The van der Waals surface area contributed by atoms with Crippen LogP contribution in [0.1, 0.15) is 94.4 Å². The van der Waals surface area contributed by atoms with Gasteiger partial charge in [-0.3, -0.25) is 19.2 Å². The third kappa shape index (κ3) is 113. The highest BCUT2D eigenvalue weighted by molar-refractivity contribution is 5.76. The van der Waals surface area contributed by atoms with E-state index in [1.165, 1.54) is 13.8 Å². The van der Waals surface area contributed by atoms with Crippen LogP contribution in [0.15, 0.2) is 0 Å². The lowest BCUT2D eigenvalue weighted by Crippen LogP contribution is -2.38. The molecule has 0 aromatic carbocycles. The van der Waals surface area contributed by atoms with Gasteiger partial charge in [0, 0.05) is 105 Å². The van der Waals surface area contributed by atoms with E-state index in [4.69, 9.17) is 50.3 Å². The molecule has 76 heavy (non-hydrogen) atoms. The van der Waals surface area contributed by atoms with E-state index < -0.39 is 18.3 Å². The Labute approximate surface area is 450 Å². The van der Waals surface area contributed by atoms with Crippen LogP contribution in [0.3, 0.4) is 0 Å². The van der Waals surface area contributed by atoms with E-state index in [1.54, 1.807) is 34.6 Å². The van der Waals surface area contributed by atoms with Crippen molar-refractivity contribution in [2.24, 2.45) is 0 Å². The summed E-state index contributed by atoms with van der Waals surface area (Å²) in [6.45, 7) is 22.5. The Balaban J connectivity index is -0.000000116. The molecule has 0 bridgehead atoms. The van der Waals surface area contributed by atoms with Gasteiger partial charge in [-0.15, -0.1) is 0 Å². The van der Waals surface area contributed by atoms with E-state index in [0.717, 1.165) is 12.8 Å². The first kappa shape index (κ1) is 87.2. The summed E-state index contributed by atoms with van der Waals surface area (Å²) in [4.78, 5) is 83.4. The Morgan fingerprint density at radius 3 is 1.20 bits per heavy atom. The number of hydrogen-bond acceptors (Lipinski definition) is 20. The fourth-order valence-electron chi connectivity index (χ4n) is 3.48. The first-order valence-corrected chi connectivity index (χ1v) is 25.2. The molecule has 0 saturated heterocycles. The van der Waals surface area contributed by atoms with Gasteiger partial charge >= 0.3 is 24.2 Å². The van der Waals surface area contributed by atoms with Crippen molar-refractivity contribution >= 4 is 47.9 Å². The molecule has 0 rings (SSSR count). The van der Waals surface area contributed by atoms with Crippen LogP contribution in [0.4, 0.5) is 19.2 Å². The lowest BCUT2D eigenvalue weighted by atomic mass is 10.3. The maximum Gasteiger partial charge on any atom is 0.407 e. The Bertz CT molecular complexity index is 1230. The minimum Gasteiger partial charge on any atom is -0.450 e. The quantitative estimate of drug-likeness (QED) is 0.0305. The van der Waals surface area contributed by atoms with Gasteiger partial charge in [0.1, 0.15) is 6.61 Å². The first-order valence-electron chi connectivity index (χ1n) is 25.2. The van der Waals surface area contributed by atoms with E-state index in [9.17, 15) is 38.4 Å². The standard InChI is InChI=1S/C7H15NO3.C6H14N2O2.C6H13NO3.2C6H13NO2.C5H12N2O2.2C5H11NO3/c1-2-7(10)8-3-5-11-6-4-9;1-3-7-6(10)8-4-5(2)9;1-6(9)7-2-4-10-5-3-8;1-6(9)7-4-2-3-5-8;1-2-6(9)7-4-3-5-8;1-2-6-5(9)7-3-4-8;1-2-9-5(8)6-3-4-7;1-2-6-5(8)9-4-3-7/h9H,2-6H2,1H3,(H,8,10);5,9H,3-4H2,1-2H3,(H2,7,8,10);8H,2-5H2,1H3,(H,7,9);2*8H,2-5H2,1H3,(H,7,9);8H,2-4H2,1H3,(H2,6,7,9);2*7H,2-4H2,1H3,(H,6,8). The average Bonchev–Trinajstić information content (AvgIpc) is 3.39. The van der Waals surface area contributed by atoms with Gasteiger partial charge in [0.25, 0.3) is 0 Å². The second kappa shape index (κ2) is 80.9. The minimum absolute atomic E-state index is 0.00654. The summed E-state index contributed by atoms with van der Waals surface area (Å²) < 4.78 is 18.7. The molecule has 10 amide bonds. The third-order valence-corrected chi connectivity index (χ3v) is 6.85. The number of aliphatic hydroxyl groups excluding tert-OH is 8. The predicted molar refractivity (Wildman–Crippen MR) is 285 cm³/mol. The highest BCUT2D eigenvalue weighted by Crippen LogP contribution is 1.83. The topological polar surface area (TPSA) is 456 Å². The maximum absolute atomic E-state index is 10.6. The Morgan fingerprint density at radius 1 is 0.395 bits per heavy atom. The number of nitrogens with one attached hydrogen (secondary N) is 10. The van der Waals surface area contributed by atoms with Crippen molar-refractivity contribution in [2.75, 3.05) is 151 Å². The molecule has 0 aliphatic heterocycles. The smallest absolute Gasteiger partial charge is 0.407 e. The molecule has 0 radical (unpaired) electrons. The number of ether oxygens (including phenoxy) is 4. The molecule has 0 aromatic heterocycles. The minimum atomic E-state index is -0.484. The van der Waals surface area contributed by atoms with Crippen molar-refractivity contribution in [3.63, 3.8) is 0 Å². The van der Waals surface area contributed by atoms with Crippen LogP contribution >= 0.6 is 0 Å². The molecular formula is C46H102N10O20. The summed E-state index contributed by atoms with van der Waals surface area (Å²) in [6, 6.07) is -0.463. The van der Waals surface area contributed by atoms with Crippen molar-refractivity contribution in [2.45, 2.75) is 101 Å². The molecule has 0 heterocycles. The van der Waals surface area contributed by atoms with E-state index in [2.05, 4.69) is 62.6 Å². The number of carbonyl (C=O) groups excluding carboxylic acids is 8. The second-order valence-corrected chi connectivity index (χ2v) is 13.9. The second-order valence-electron chi connectivity index (χ2n) is 13.9. The van der Waals surface area contributed by atoms with Gasteiger partial charge in [-0.2, -0.15) is 0 Å². The molecule has 0 aromatic rings. The highest BCUT2D eigenvalue weighted by atomic mass is 16.6. The van der Waals surface area contributed by atoms with Crippen LogP contribution < -0.4 is 53.2 Å². The summed E-state index contributed by atoms with van der Waals surface area (Å²) in [5, 5.41) is 91.7. The van der Waals surface area contributed by atoms with Crippen molar-refractivity contribution in [1.29, 1.82) is 0 Å². The third-order valence-electron chi connectivity index (χ3n) is 6.85. The van der Waals surface area contributed by atoms with Crippen molar-refractivity contribution in [3.8, 4) is 0 Å². The average molecular weight is 1120 g/mol. The lowest BCUT2D eigenvalue weighted by Gasteiger charge is -2.06. The number of carbonyl (C=O) groups is 8. The number of aliphatic hydroxyl groups is 8. The van der Waals surface area contributed by atoms with Gasteiger partial charge in [-0.25, -0.2) is 19.2 Å². The molecule has 456 valence electrons.